The van der Waals surface area contributed by atoms with Gasteiger partial charge in [0.05, 0.1) is 23.4 Å². The summed E-state index contributed by atoms with van der Waals surface area (Å²) < 4.78 is 7.52. The Morgan fingerprint density at radius 2 is 1.65 bits per heavy atom. The van der Waals surface area contributed by atoms with Crippen molar-refractivity contribution in [3.8, 4) is 11.4 Å². The van der Waals surface area contributed by atoms with E-state index < -0.39 is 0 Å². The molecule has 4 rings (SSSR count). The zero-order valence-corrected chi connectivity index (χ0v) is 21.7. The number of nitrogens with zero attached hydrogens (tertiary/aromatic N) is 3. The second-order valence-corrected chi connectivity index (χ2v) is 9.67. The highest BCUT2D eigenvalue weighted by Gasteiger charge is 2.32. The first-order valence-electron chi connectivity index (χ1n) is 11.4. The second-order valence-electron chi connectivity index (χ2n) is 8.66. The van der Waals surface area contributed by atoms with Crippen molar-refractivity contribution in [2.45, 2.75) is 41.5 Å². The molecular weight excluding hydrogens is 442 g/mol. The minimum absolute atomic E-state index is 0.00717. The number of carbonyl (C=O) groups excluding carboxylic acids is 1. The van der Waals surface area contributed by atoms with Crippen LogP contribution in [0.3, 0.4) is 0 Å². The maximum absolute atomic E-state index is 13.2. The highest BCUT2D eigenvalue weighted by atomic mass is 32.2. The number of rotatable bonds is 5. The normalized spacial score (nSPS) is 16.2. The minimum atomic E-state index is -0.00717. The number of aryl methyl sites for hydroxylation is 4. The van der Waals surface area contributed by atoms with Crippen LogP contribution >= 0.6 is 11.8 Å². The number of methoxy groups -OCH3 is 1. The van der Waals surface area contributed by atoms with Crippen LogP contribution in [-0.2, 0) is 4.79 Å². The predicted molar refractivity (Wildman–Crippen MR) is 142 cm³/mol. The van der Waals surface area contributed by atoms with Gasteiger partial charge in [0, 0.05) is 17.9 Å². The van der Waals surface area contributed by atoms with E-state index in [0.29, 0.717) is 16.6 Å². The molecule has 5 nitrogen and oxygen atoms in total. The number of ether oxygens (including phenoxy) is 1. The molecule has 0 radical (unpaired) electrons. The van der Waals surface area contributed by atoms with Gasteiger partial charge in [-0.2, -0.15) is 0 Å². The molecule has 0 bridgehead atoms. The molecule has 176 valence electrons. The molecule has 2 heterocycles. The van der Waals surface area contributed by atoms with Gasteiger partial charge in [0.2, 0.25) is 0 Å². The van der Waals surface area contributed by atoms with E-state index in [2.05, 4.69) is 57.4 Å². The summed E-state index contributed by atoms with van der Waals surface area (Å²) in [5.41, 5.74) is 9.08. The number of hydrogen-bond donors (Lipinski definition) is 0. The molecule has 0 atom stereocenters. The predicted octanol–water partition coefficient (Wildman–Crippen LogP) is 6.65. The summed E-state index contributed by atoms with van der Waals surface area (Å²) >= 11 is 1.43. The first-order valence-corrected chi connectivity index (χ1v) is 12.3. The van der Waals surface area contributed by atoms with Crippen molar-refractivity contribution in [3.63, 3.8) is 0 Å². The van der Waals surface area contributed by atoms with E-state index in [0.717, 1.165) is 28.4 Å². The molecule has 1 aromatic heterocycles. The van der Waals surface area contributed by atoms with Crippen LogP contribution < -0.4 is 4.74 Å². The Kier molecular flexibility index (Phi) is 6.71. The second kappa shape index (κ2) is 9.55. The SMILES string of the molecule is CCN1C(=O)/C(=C\c2cc(C)n(-c3c(C)cc(C)cc3C)c2C)SC1=Nc1ccc(OC)cc1. The highest BCUT2D eigenvalue weighted by molar-refractivity contribution is 8.18. The molecule has 0 saturated carbocycles. The molecule has 1 aliphatic heterocycles. The van der Waals surface area contributed by atoms with Crippen molar-refractivity contribution in [2.24, 2.45) is 4.99 Å². The number of likely N-dealkylation sites (N-methyl/N-ethyl adjacent to an activating group) is 1. The molecule has 1 saturated heterocycles. The number of amidine groups is 1. The molecular formula is C28H31N3O2S. The third kappa shape index (κ3) is 4.42. The topological polar surface area (TPSA) is 46.8 Å². The lowest BCUT2D eigenvalue weighted by Crippen LogP contribution is -2.28. The van der Waals surface area contributed by atoms with Crippen LogP contribution in [0.1, 0.15) is 40.6 Å². The Morgan fingerprint density at radius 3 is 2.24 bits per heavy atom. The number of aromatic nitrogens is 1. The zero-order chi connectivity index (χ0) is 24.6. The average Bonchev–Trinajstić information content (AvgIpc) is 3.23. The van der Waals surface area contributed by atoms with Crippen molar-refractivity contribution < 1.29 is 9.53 Å². The van der Waals surface area contributed by atoms with Gasteiger partial charge in [-0.05, 0) is 106 Å². The minimum Gasteiger partial charge on any atom is -0.497 e. The van der Waals surface area contributed by atoms with E-state index in [1.54, 1.807) is 12.0 Å². The Balaban J connectivity index is 1.71. The summed E-state index contributed by atoms with van der Waals surface area (Å²) in [6.45, 7) is 13.2. The van der Waals surface area contributed by atoms with Crippen LogP contribution in [-0.4, -0.2) is 34.2 Å². The fraction of sp³-hybridized carbons (Fsp3) is 0.286. The van der Waals surface area contributed by atoms with Crippen LogP contribution in [0.4, 0.5) is 5.69 Å². The molecule has 0 N–H and O–H groups in total. The third-order valence-corrected chi connectivity index (χ3v) is 7.12. The Bertz CT molecular complexity index is 1290. The van der Waals surface area contributed by atoms with Gasteiger partial charge in [0.25, 0.3) is 5.91 Å². The van der Waals surface area contributed by atoms with Gasteiger partial charge >= 0.3 is 0 Å². The number of thioether (sulfide) groups is 1. The van der Waals surface area contributed by atoms with Crippen molar-refractivity contribution in [3.05, 3.63) is 81.0 Å². The van der Waals surface area contributed by atoms with Gasteiger partial charge in [-0.1, -0.05) is 17.7 Å². The van der Waals surface area contributed by atoms with Crippen molar-refractivity contribution in [2.75, 3.05) is 13.7 Å². The summed E-state index contributed by atoms with van der Waals surface area (Å²) in [5.74, 6) is 0.772. The van der Waals surface area contributed by atoms with Crippen LogP contribution in [0.5, 0.6) is 5.75 Å². The van der Waals surface area contributed by atoms with Gasteiger partial charge in [0.1, 0.15) is 5.75 Å². The van der Waals surface area contributed by atoms with Crippen LogP contribution in [0.2, 0.25) is 0 Å². The fourth-order valence-corrected chi connectivity index (χ4v) is 5.63. The van der Waals surface area contributed by atoms with Crippen LogP contribution in [0, 0.1) is 34.6 Å². The lowest BCUT2D eigenvalue weighted by atomic mass is 10.0. The Hall–Kier alpha value is -3.25. The van der Waals surface area contributed by atoms with E-state index in [9.17, 15) is 4.79 Å². The van der Waals surface area contributed by atoms with Crippen molar-refractivity contribution in [1.82, 2.24) is 9.47 Å². The lowest BCUT2D eigenvalue weighted by molar-refractivity contribution is -0.122. The van der Waals surface area contributed by atoms with Gasteiger partial charge in [-0.3, -0.25) is 9.69 Å². The molecule has 1 aliphatic rings. The summed E-state index contributed by atoms with van der Waals surface area (Å²) in [6, 6.07) is 14.1. The van der Waals surface area contributed by atoms with Crippen LogP contribution in [0.25, 0.3) is 11.8 Å². The van der Waals surface area contributed by atoms with E-state index in [4.69, 9.17) is 9.73 Å². The van der Waals surface area contributed by atoms with Gasteiger partial charge < -0.3 is 9.30 Å². The molecule has 6 heteroatoms. The highest BCUT2D eigenvalue weighted by Crippen LogP contribution is 2.36. The molecule has 0 aliphatic carbocycles. The number of benzene rings is 2. The number of aliphatic imine (C=N–C) groups is 1. The number of carbonyl (C=O) groups is 1. The van der Waals surface area contributed by atoms with Gasteiger partial charge in [-0.15, -0.1) is 0 Å². The van der Waals surface area contributed by atoms with E-state index in [-0.39, 0.29) is 5.91 Å². The first-order chi connectivity index (χ1) is 16.2. The van der Waals surface area contributed by atoms with E-state index in [1.165, 1.54) is 34.1 Å². The van der Waals surface area contributed by atoms with Gasteiger partial charge in [-0.25, -0.2) is 4.99 Å². The molecule has 3 aromatic rings. The summed E-state index contributed by atoms with van der Waals surface area (Å²) in [5, 5.41) is 0.697. The summed E-state index contributed by atoms with van der Waals surface area (Å²) in [7, 11) is 1.64. The Labute approximate surface area is 206 Å². The lowest BCUT2D eigenvalue weighted by Gasteiger charge is -2.17. The fourth-order valence-electron chi connectivity index (χ4n) is 4.58. The molecule has 0 spiro atoms. The smallest absolute Gasteiger partial charge is 0.266 e. The molecule has 2 aromatic carbocycles. The molecule has 34 heavy (non-hydrogen) atoms. The molecule has 1 fully saturated rings. The first kappa shape index (κ1) is 23.9. The molecule has 0 unspecified atom stereocenters. The largest absolute Gasteiger partial charge is 0.497 e. The summed E-state index contributed by atoms with van der Waals surface area (Å²) in [6.07, 6.45) is 2.00. The maximum Gasteiger partial charge on any atom is 0.266 e. The maximum atomic E-state index is 13.2. The average molecular weight is 474 g/mol. The zero-order valence-electron chi connectivity index (χ0n) is 20.9. The third-order valence-electron chi connectivity index (χ3n) is 6.12. The van der Waals surface area contributed by atoms with E-state index in [1.807, 2.05) is 37.3 Å². The van der Waals surface area contributed by atoms with Crippen LogP contribution in [0.15, 0.2) is 52.4 Å². The monoisotopic (exact) mass is 473 g/mol. The van der Waals surface area contributed by atoms with Gasteiger partial charge in [0.15, 0.2) is 5.17 Å². The summed E-state index contributed by atoms with van der Waals surface area (Å²) in [4.78, 5) is 20.3. The molecule has 1 amide bonds. The van der Waals surface area contributed by atoms with Crippen molar-refractivity contribution in [1.29, 1.82) is 0 Å². The quantitative estimate of drug-likeness (QED) is 0.390. The number of amides is 1. The van der Waals surface area contributed by atoms with Crippen molar-refractivity contribution >= 4 is 34.6 Å². The Morgan fingerprint density at radius 1 is 1.00 bits per heavy atom. The number of hydrogen-bond acceptors (Lipinski definition) is 4. The standard InChI is InChI=1S/C28H31N3O2S/c1-8-30-27(32)25(34-28(30)29-23-9-11-24(33-7)12-10-23)16-22-15-20(5)31(21(22)6)26-18(3)13-17(2)14-19(26)4/h9-16H,8H2,1-7H3/b25-16+,29-28?. The van der Waals surface area contributed by atoms with E-state index >= 15 is 0 Å².